The number of fused-ring (bicyclic) bond motifs is 1. The van der Waals surface area contributed by atoms with Crippen molar-refractivity contribution in [3.8, 4) is 0 Å². The van der Waals surface area contributed by atoms with E-state index in [1.54, 1.807) is 7.05 Å². The Kier molecular flexibility index (Phi) is 5.90. The quantitative estimate of drug-likeness (QED) is 0.668. The molecule has 2 aliphatic carbocycles. The Morgan fingerprint density at radius 3 is 2.60 bits per heavy atom. The van der Waals surface area contributed by atoms with Gasteiger partial charge in [-0.3, -0.25) is 14.6 Å². The van der Waals surface area contributed by atoms with Crippen molar-refractivity contribution >= 4 is 11.9 Å². The SMILES string of the molecule is CCC1C2CC3(CC2N1CC[C@H](N)C1CCC[C@H](F)C1)C(=O)N(C)C(=O)N3C(C)C. The molecule has 2 N–H and O–H groups in total. The van der Waals surface area contributed by atoms with Crippen LogP contribution in [0.15, 0.2) is 0 Å². The number of imide groups is 1. The first-order valence-electron chi connectivity index (χ1n) is 12.0. The number of hydrogen-bond acceptors (Lipinski definition) is 4. The number of urea groups is 1. The molecule has 0 aromatic heterocycles. The van der Waals surface area contributed by atoms with Gasteiger partial charge in [-0.25, -0.2) is 9.18 Å². The molecule has 4 fully saturated rings. The van der Waals surface area contributed by atoms with Gasteiger partial charge in [-0.2, -0.15) is 0 Å². The van der Waals surface area contributed by atoms with Gasteiger partial charge in [0.05, 0.1) is 0 Å². The number of nitrogens with zero attached hydrogens (tertiary/aromatic N) is 3. The van der Waals surface area contributed by atoms with E-state index >= 15 is 0 Å². The molecule has 0 radical (unpaired) electrons. The second kappa shape index (κ2) is 8.05. The summed E-state index contributed by atoms with van der Waals surface area (Å²) in [6.45, 7) is 7.12. The third-order valence-electron chi connectivity index (χ3n) is 8.53. The molecule has 4 rings (SSSR count). The summed E-state index contributed by atoms with van der Waals surface area (Å²) in [6, 6.07) is 0.682. The fourth-order valence-corrected chi connectivity index (χ4v) is 7.14. The Morgan fingerprint density at radius 2 is 1.97 bits per heavy atom. The van der Waals surface area contributed by atoms with Gasteiger partial charge in [0.1, 0.15) is 11.7 Å². The van der Waals surface area contributed by atoms with E-state index in [0.29, 0.717) is 36.8 Å². The summed E-state index contributed by atoms with van der Waals surface area (Å²) < 4.78 is 13.8. The summed E-state index contributed by atoms with van der Waals surface area (Å²) in [4.78, 5) is 31.6. The molecular weight excluding hydrogens is 383 g/mol. The van der Waals surface area contributed by atoms with Crippen LogP contribution in [0, 0.1) is 11.8 Å². The molecule has 2 aliphatic heterocycles. The topological polar surface area (TPSA) is 69.9 Å². The summed E-state index contributed by atoms with van der Waals surface area (Å²) >= 11 is 0. The monoisotopic (exact) mass is 422 g/mol. The molecule has 4 aliphatic rings. The molecule has 7 heteroatoms. The van der Waals surface area contributed by atoms with Crippen molar-refractivity contribution < 1.29 is 14.0 Å². The van der Waals surface area contributed by atoms with Crippen LogP contribution >= 0.6 is 0 Å². The zero-order chi connectivity index (χ0) is 21.8. The lowest BCUT2D eigenvalue weighted by Crippen LogP contribution is -2.61. The van der Waals surface area contributed by atoms with Crippen LogP contribution in [0.4, 0.5) is 9.18 Å². The van der Waals surface area contributed by atoms with Crippen LogP contribution in [-0.4, -0.2) is 76.1 Å². The fraction of sp³-hybridized carbons (Fsp3) is 0.913. The summed E-state index contributed by atoms with van der Waals surface area (Å²) in [5.41, 5.74) is 5.81. The molecule has 3 amide bonds. The highest BCUT2D eigenvalue weighted by Gasteiger charge is 2.67. The van der Waals surface area contributed by atoms with Crippen LogP contribution in [0.5, 0.6) is 0 Å². The first-order valence-corrected chi connectivity index (χ1v) is 12.0. The lowest BCUT2D eigenvalue weighted by atomic mass is 9.78. The first kappa shape index (κ1) is 22.0. The Bertz CT molecular complexity index is 688. The Labute approximate surface area is 180 Å². The molecule has 5 unspecified atom stereocenters. The normalized spacial score (nSPS) is 40.4. The van der Waals surface area contributed by atoms with E-state index in [9.17, 15) is 14.0 Å². The molecule has 0 aromatic carbocycles. The molecule has 2 saturated carbocycles. The zero-order valence-corrected chi connectivity index (χ0v) is 19.0. The number of likely N-dealkylation sites (N-methyl/N-ethyl adjacent to an activating group) is 1. The molecule has 1 spiro atoms. The van der Waals surface area contributed by atoms with Gasteiger partial charge in [0.15, 0.2) is 0 Å². The summed E-state index contributed by atoms with van der Waals surface area (Å²) in [5, 5.41) is 0. The van der Waals surface area contributed by atoms with Crippen LogP contribution in [0.2, 0.25) is 0 Å². The minimum Gasteiger partial charge on any atom is -0.327 e. The molecule has 0 bridgehead atoms. The Morgan fingerprint density at radius 1 is 1.23 bits per heavy atom. The number of hydrogen-bond donors (Lipinski definition) is 1. The van der Waals surface area contributed by atoms with E-state index in [1.807, 2.05) is 18.7 Å². The number of carbonyl (C=O) groups excluding carboxylic acids is 2. The summed E-state index contributed by atoms with van der Waals surface area (Å²) in [7, 11) is 1.62. The number of likely N-dealkylation sites (tertiary alicyclic amines) is 1. The molecule has 2 heterocycles. The average molecular weight is 423 g/mol. The third-order valence-corrected chi connectivity index (χ3v) is 8.53. The molecule has 7 atom stereocenters. The number of nitrogens with two attached hydrogens (primary N) is 1. The van der Waals surface area contributed by atoms with Crippen molar-refractivity contribution in [1.29, 1.82) is 0 Å². The van der Waals surface area contributed by atoms with Crippen molar-refractivity contribution in [3.63, 3.8) is 0 Å². The highest BCUT2D eigenvalue weighted by molar-refractivity contribution is 6.07. The Hall–Kier alpha value is -1.21. The highest BCUT2D eigenvalue weighted by Crippen LogP contribution is 2.54. The van der Waals surface area contributed by atoms with Crippen molar-refractivity contribution in [2.75, 3.05) is 13.6 Å². The number of halogens is 1. The maximum Gasteiger partial charge on any atom is 0.327 e. The van der Waals surface area contributed by atoms with E-state index in [0.717, 1.165) is 45.1 Å². The largest absolute Gasteiger partial charge is 0.327 e. The molecule has 2 saturated heterocycles. The fourth-order valence-electron chi connectivity index (χ4n) is 7.14. The van der Waals surface area contributed by atoms with E-state index in [-0.39, 0.29) is 24.0 Å². The predicted molar refractivity (Wildman–Crippen MR) is 115 cm³/mol. The molecule has 6 nitrogen and oxygen atoms in total. The minimum absolute atomic E-state index is 0.00537. The van der Waals surface area contributed by atoms with Crippen LogP contribution < -0.4 is 5.73 Å². The van der Waals surface area contributed by atoms with Crippen LogP contribution in [-0.2, 0) is 4.79 Å². The predicted octanol–water partition coefficient (Wildman–Crippen LogP) is 3.15. The van der Waals surface area contributed by atoms with Gasteiger partial charge in [-0.1, -0.05) is 13.3 Å². The van der Waals surface area contributed by atoms with Crippen molar-refractivity contribution in [2.24, 2.45) is 17.6 Å². The lowest BCUT2D eigenvalue weighted by molar-refractivity contribution is -0.132. The lowest BCUT2D eigenvalue weighted by Gasteiger charge is -2.53. The minimum atomic E-state index is -0.689. The van der Waals surface area contributed by atoms with Gasteiger partial charge in [0, 0.05) is 37.8 Å². The van der Waals surface area contributed by atoms with Crippen LogP contribution in [0.3, 0.4) is 0 Å². The van der Waals surface area contributed by atoms with Crippen molar-refractivity contribution in [2.45, 2.75) is 108 Å². The van der Waals surface area contributed by atoms with Crippen LogP contribution in [0.25, 0.3) is 0 Å². The Balaban J connectivity index is 1.44. The van der Waals surface area contributed by atoms with Gasteiger partial charge in [0.2, 0.25) is 0 Å². The van der Waals surface area contributed by atoms with Crippen LogP contribution in [0.1, 0.15) is 72.1 Å². The van der Waals surface area contributed by atoms with Gasteiger partial charge < -0.3 is 10.6 Å². The van der Waals surface area contributed by atoms with E-state index in [2.05, 4.69) is 11.8 Å². The van der Waals surface area contributed by atoms with E-state index < -0.39 is 11.7 Å². The maximum atomic E-state index is 13.8. The number of carbonyl (C=O) groups is 2. The smallest absolute Gasteiger partial charge is 0.327 e. The van der Waals surface area contributed by atoms with E-state index in [1.165, 1.54) is 4.90 Å². The molecule has 30 heavy (non-hydrogen) atoms. The highest BCUT2D eigenvalue weighted by atomic mass is 19.1. The molecule has 170 valence electrons. The van der Waals surface area contributed by atoms with Gasteiger partial charge in [-0.05, 0) is 70.6 Å². The second-order valence-electron chi connectivity index (χ2n) is 10.5. The molecular formula is C23H39FN4O2. The van der Waals surface area contributed by atoms with Crippen molar-refractivity contribution in [3.05, 3.63) is 0 Å². The van der Waals surface area contributed by atoms with Crippen molar-refractivity contribution in [1.82, 2.24) is 14.7 Å². The summed E-state index contributed by atoms with van der Waals surface area (Å²) in [5.74, 6) is 0.721. The number of amides is 3. The van der Waals surface area contributed by atoms with Gasteiger partial charge in [0.25, 0.3) is 5.91 Å². The van der Waals surface area contributed by atoms with Gasteiger partial charge >= 0.3 is 6.03 Å². The average Bonchev–Trinajstić information content (AvgIpc) is 3.11. The third kappa shape index (κ3) is 3.27. The first-order chi connectivity index (χ1) is 14.2. The zero-order valence-electron chi connectivity index (χ0n) is 19.0. The van der Waals surface area contributed by atoms with E-state index in [4.69, 9.17) is 5.73 Å². The number of alkyl halides is 1. The summed E-state index contributed by atoms with van der Waals surface area (Å²) in [6.07, 6.45) is 6.03. The molecule has 0 aromatic rings. The van der Waals surface area contributed by atoms with Gasteiger partial charge in [-0.15, -0.1) is 0 Å². The standard InChI is InChI=1S/C23H39FN4O2/c1-5-19-17-12-23(21(29)26(4)22(30)28(23)14(2)3)13-20(17)27(19)10-9-18(25)15-7-6-8-16(24)11-15/h14-20H,5-13,25H2,1-4H3/t15?,16-,17?,18-,19?,20?,23?/m0/s1. The number of rotatable bonds is 6. The second-order valence-corrected chi connectivity index (χ2v) is 10.5. The maximum absolute atomic E-state index is 13.8.